The van der Waals surface area contributed by atoms with Crippen molar-refractivity contribution in [1.29, 1.82) is 0 Å². The monoisotopic (exact) mass is 480 g/mol. The molecule has 1 aliphatic carbocycles. The van der Waals surface area contributed by atoms with Gasteiger partial charge in [0.1, 0.15) is 5.75 Å². The van der Waals surface area contributed by atoms with Crippen LogP contribution in [0, 0.1) is 11.8 Å². The molecule has 2 aliphatic heterocycles. The number of piperidine rings is 1. The molecule has 4 rings (SSSR count). The molecule has 3 aliphatic rings. The third kappa shape index (κ3) is 6.14. The molecule has 160 valence electrons. The Morgan fingerprint density at radius 1 is 1.17 bits per heavy atom. The van der Waals surface area contributed by atoms with Crippen molar-refractivity contribution in [3.05, 3.63) is 28.2 Å². The fraction of sp³-hybridized carbons (Fsp3) is 0.696. The average Bonchev–Trinajstić information content (AvgIpc) is 3.46. The average molecular weight is 482 g/mol. The molecule has 2 heterocycles. The standard InChI is InChI=1S/C23H33BrN2O2S/c1-2-28-20-5-6-22(24)19(14-20)13-17-7-10-25(11-8-17)12-9-21-16-26(23(27)29-21)15-18-3-4-18/h5-6,14,17-18,21H,2-4,7-13,15-16H2,1H3. The molecule has 2 saturated heterocycles. The van der Waals surface area contributed by atoms with E-state index in [0.717, 1.165) is 50.1 Å². The predicted molar refractivity (Wildman–Crippen MR) is 124 cm³/mol. The number of carbonyl (C=O) groups excluding carboxylic acids is 1. The number of hydrogen-bond acceptors (Lipinski definition) is 4. The Kier molecular flexibility index (Phi) is 7.46. The van der Waals surface area contributed by atoms with Crippen molar-refractivity contribution in [2.45, 2.75) is 50.7 Å². The summed E-state index contributed by atoms with van der Waals surface area (Å²) in [7, 11) is 0. The van der Waals surface area contributed by atoms with Crippen LogP contribution in [0.25, 0.3) is 0 Å². The first kappa shape index (κ1) is 21.5. The van der Waals surface area contributed by atoms with Crippen molar-refractivity contribution in [2.24, 2.45) is 11.8 Å². The smallest absolute Gasteiger partial charge is 0.282 e. The van der Waals surface area contributed by atoms with Gasteiger partial charge in [0.2, 0.25) is 0 Å². The quantitative estimate of drug-likeness (QED) is 0.470. The van der Waals surface area contributed by atoms with Crippen LogP contribution in [0.1, 0.15) is 44.6 Å². The van der Waals surface area contributed by atoms with Crippen LogP contribution in [-0.4, -0.2) is 59.6 Å². The van der Waals surface area contributed by atoms with Crippen molar-refractivity contribution in [2.75, 3.05) is 39.3 Å². The number of amides is 1. The minimum Gasteiger partial charge on any atom is -0.494 e. The SMILES string of the molecule is CCOc1ccc(Br)c(CC2CCN(CCC3CN(CC4CC4)C(=O)S3)CC2)c1. The predicted octanol–water partition coefficient (Wildman–Crippen LogP) is 5.44. The molecule has 29 heavy (non-hydrogen) atoms. The third-order valence-corrected chi connectivity index (χ3v) is 8.39. The summed E-state index contributed by atoms with van der Waals surface area (Å²) in [6.45, 7) is 8.23. The first-order valence-corrected chi connectivity index (χ1v) is 12.9. The summed E-state index contributed by atoms with van der Waals surface area (Å²) < 4.78 is 6.87. The third-order valence-electron chi connectivity index (χ3n) is 6.44. The summed E-state index contributed by atoms with van der Waals surface area (Å²) in [6, 6.07) is 6.35. The molecule has 1 saturated carbocycles. The zero-order valence-corrected chi connectivity index (χ0v) is 19.8. The number of benzene rings is 1. The molecule has 1 aromatic carbocycles. The maximum Gasteiger partial charge on any atom is 0.282 e. The molecule has 0 N–H and O–H groups in total. The summed E-state index contributed by atoms with van der Waals surface area (Å²) in [5.74, 6) is 2.52. The second kappa shape index (κ2) is 10.1. The molecule has 1 aromatic rings. The summed E-state index contributed by atoms with van der Waals surface area (Å²) in [5.41, 5.74) is 1.37. The van der Waals surface area contributed by atoms with Crippen LogP contribution in [0.5, 0.6) is 5.75 Å². The number of rotatable bonds is 9. The van der Waals surface area contributed by atoms with E-state index in [1.807, 2.05) is 13.0 Å². The van der Waals surface area contributed by atoms with Crippen molar-refractivity contribution in [1.82, 2.24) is 9.80 Å². The molecule has 0 radical (unpaired) electrons. The highest BCUT2D eigenvalue weighted by Crippen LogP contribution is 2.35. The minimum atomic E-state index is 0.320. The van der Waals surface area contributed by atoms with E-state index in [0.29, 0.717) is 17.1 Å². The molecular weight excluding hydrogens is 448 g/mol. The summed E-state index contributed by atoms with van der Waals surface area (Å²) in [5, 5.41) is 0.816. The van der Waals surface area contributed by atoms with Crippen molar-refractivity contribution < 1.29 is 9.53 Å². The minimum absolute atomic E-state index is 0.320. The van der Waals surface area contributed by atoms with E-state index in [1.54, 1.807) is 11.8 Å². The van der Waals surface area contributed by atoms with Crippen LogP contribution >= 0.6 is 27.7 Å². The Morgan fingerprint density at radius 2 is 1.97 bits per heavy atom. The molecule has 0 spiro atoms. The van der Waals surface area contributed by atoms with Gasteiger partial charge in [-0.3, -0.25) is 4.79 Å². The summed E-state index contributed by atoms with van der Waals surface area (Å²) in [6.07, 6.45) is 7.43. The van der Waals surface area contributed by atoms with Gasteiger partial charge in [-0.15, -0.1) is 0 Å². The van der Waals surface area contributed by atoms with Gasteiger partial charge in [0.15, 0.2) is 0 Å². The Balaban J connectivity index is 1.18. The Hall–Kier alpha value is -0.720. The number of hydrogen-bond donors (Lipinski definition) is 0. The van der Waals surface area contributed by atoms with Crippen LogP contribution in [0.4, 0.5) is 4.79 Å². The van der Waals surface area contributed by atoms with E-state index in [9.17, 15) is 4.79 Å². The number of thioether (sulfide) groups is 1. The Labute approximate surface area is 187 Å². The van der Waals surface area contributed by atoms with Gasteiger partial charge < -0.3 is 14.5 Å². The lowest BCUT2D eigenvalue weighted by atomic mass is 9.90. The van der Waals surface area contributed by atoms with Gasteiger partial charge in [-0.05, 0) is 101 Å². The van der Waals surface area contributed by atoms with E-state index in [1.165, 1.54) is 48.8 Å². The molecule has 1 unspecified atom stereocenters. The highest BCUT2D eigenvalue weighted by Gasteiger charge is 2.34. The van der Waals surface area contributed by atoms with E-state index in [-0.39, 0.29) is 0 Å². The van der Waals surface area contributed by atoms with E-state index >= 15 is 0 Å². The molecule has 4 nitrogen and oxygen atoms in total. The Morgan fingerprint density at radius 3 is 2.69 bits per heavy atom. The topological polar surface area (TPSA) is 32.8 Å². The highest BCUT2D eigenvalue weighted by atomic mass is 79.9. The van der Waals surface area contributed by atoms with Crippen molar-refractivity contribution in [3.8, 4) is 5.75 Å². The van der Waals surface area contributed by atoms with Crippen LogP contribution in [0.15, 0.2) is 22.7 Å². The molecule has 0 bridgehead atoms. The van der Waals surface area contributed by atoms with Crippen molar-refractivity contribution >= 4 is 32.9 Å². The summed E-state index contributed by atoms with van der Waals surface area (Å²) >= 11 is 5.30. The lowest BCUT2D eigenvalue weighted by Gasteiger charge is -2.32. The van der Waals surface area contributed by atoms with Crippen molar-refractivity contribution in [3.63, 3.8) is 0 Å². The van der Waals surface area contributed by atoms with Gasteiger partial charge in [0.25, 0.3) is 5.24 Å². The summed E-state index contributed by atoms with van der Waals surface area (Å²) in [4.78, 5) is 16.9. The van der Waals surface area contributed by atoms with Crippen LogP contribution in [0.3, 0.4) is 0 Å². The first-order chi connectivity index (χ1) is 14.1. The maximum atomic E-state index is 12.2. The largest absolute Gasteiger partial charge is 0.494 e. The van der Waals surface area contributed by atoms with Gasteiger partial charge in [0, 0.05) is 22.8 Å². The first-order valence-electron chi connectivity index (χ1n) is 11.2. The molecule has 6 heteroatoms. The fourth-order valence-electron chi connectivity index (χ4n) is 4.50. The second-order valence-electron chi connectivity index (χ2n) is 8.82. The highest BCUT2D eigenvalue weighted by molar-refractivity contribution is 9.10. The molecule has 1 amide bonds. The maximum absolute atomic E-state index is 12.2. The number of nitrogens with zero attached hydrogens (tertiary/aromatic N) is 2. The van der Waals surface area contributed by atoms with Crippen LogP contribution in [-0.2, 0) is 6.42 Å². The van der Waals surface area contributed by atoms with Gasteiger partial charge in [-0.2, -0.15) is 0 Å². The lowest BCUT2D eigenvalue weighted by Crippen LogP contribution is -2.36. The van der Waals surface area contributed by atoms with E-state index in [4.69, 9.17) is 4.74 Å². The normalized spacial score (nSPS) is 23.7. The second-order valence-corrected chi connectivity index (χ2v) is 10.9. The zero-order valence-electron chi connectivity index (χ0n) is 17.4. The number of ether oxygens (including phenoxy) is 1. The van der Waals surface area contributed by atoms with Gasteiger partial charge in [-0.1, -0.05) is 27.7 Å². The lowest BCUT2D eigenvalue weighted by molar-refractivity contribution is 0.180. The van der Waals surface area contributed by atoms with E-state index < -0.39 is 0 Å². The van der Waals surface area contributed by atoms with Gasteiger partial charge in [0.05, 0.1) is 6.61 Å². The zero-order chi connectivity index (χ0) is 20.2. The fourth-order valence-corrected chi connectivity index (χ4v) is 5.97. The van der Waals surface area contributed by atoms with E-state index in [2.05, 4.69) is 37.9 Å². The molecule has 1 atom stereocenters. The van der Waals surface area contributed by atoms with Gasteiger partial charge >= 0.3 is 0 Å². The van der Waals surface area contributed by atoms with Gasteiger partial charge in [-0.25, -0.2) is 0 Å². The molecule has 0 aromatic heterocycles. The number of likely N-dealkylation sites (tertiary alicyclic amines) is 1. The number of halogens is 1. The molecular formula is C23H33BrN2O2S. The van der Waals surface area contributed by atoms with Crippen LogP contribution < -0.4 is 4.74 Å². The molecule has 3 fully saturated rings. The number of carbonyl (C=O) groups is 1. The van der Waals surface area contributed by atoms with Crippen LogP contribution in [0.2, 0.25) is 0 Å². The Bertz CT molecular complexity index is 704.